The first-order chi connectivity index (χ1) is 11.2. The maximum absolute atomic E-state index is 9.11. The van der Waals surface area contributed by atoms with E-state index in [1.165, 1.54) is 0 Å². The molecule has 0 amide bonds. The SMILES string of the molecule is Nc1nc(N)c2c(cc(-c3cccc(NO)c3)c3nccc32)[nH]1. The second kappa shape index (κ2) is 4.85. The number of hydrogen-bond acceptors (Lipinski definition) is 6. The van der Waals surface area contributed by atoms with E-state index in [1.807, 2.05) is 30.3 Å². The number of nitrogens with two attached hydrogens (primary N) is 2. The highest BCUT2D eigenvalue weighted by Crippen LogP contribution is 2.36. The number of rotatable bonds is 2. The molecule has 0 saturated carbocycles. The summed E-state index contributed by atoms with van der Waals surface area (Å²) in [5, 5.41) is 10.8. The molecule has 2 heterocycles. The maximum Gasteiger partial charge on any atom is 0.199 e. The molecule has 0 saturated heterocycles. The summed E-state index contributed by atoms with van der Waals surface area (Å²) < 4.78 is 0. The first-order valence-corrected chi connectivity index (χ1v) is 7.00. The van der Waals surface area contributed by atoms with Crippen LogP contribution in [-0.4, -0.2) is 20.2 Å². The van der Waals surface area contributed by atoms with Gasteiger partial charge in [0.25, 0.3) is 0 Å². The highest BCUT2D eigenvalue weighted by atomic mass is 16.5. The van der Waals surface area contributed by atoms with Gasteiger partial charge < -0.3 is 16.5 Å². The van der Waals surface area contributed by atoms with E-state index in [1.54, 1.807) is 12.3 Å². The Hall–Kier alpha value is -3.32. The van der Waals surface area contributed by atoms with E-state index in [-0.39, 0.29) is 5.95 Å². The number of aromatic amines is 1. The summed E-state index contributed by atoms with van der Waals surface area (Å²) in [7, 11) is 0. The van der Waals surface area contributed by atoms with Crippen molar-refractivity contribution >= 4 is 39.3 Å². The summed E-state index contributed by atoms with van der Waals surface area (Å²) in [4.78, 5) is 11.6. The molecule has 7 N–H and O–H groups in total. The zero-order valence-corrected chi connectivity index (χ0v) is 12.0. The summed E-state index contributed by atoms with van der Waals surface area (Å²) in [6.07, 6.45) is 1.73. The van der Waals surface area contributed by atoms with Crippen molar-refractivity contribution in [2.75, 3.05) is 16.9 Å². The van der Waals surface area contributed by atoms with E-state index in [0.29, 0.717) is 11.5 Å². The van der Waals surface area contributed by atoms with Crippen LogP contribution in [0.15, 0.2) is 42.6 Å². The van der Waals surface area contributed by atoms with Gasteiger partial charge in [0, 0.05) is 22.5 Å². The molecular formula is C16H14N6O. The average Bonchev–Trinajstić information content (AvgIpc) is 3.02. The number of anilines is 3. The quantitative estimate of drug-likeness (QED) is 0.362. The lowest BCUT2D eigenvalue weighted by Gasteiger charge is -2.10. The van der Waals surface area contributed by atoms with Gasteiger partial charge in [0.1, 0.15) is 5.82 Å². The smallest absolute Gasteiger partial charge is 0.199 e. The van der Waals surface area contributed by atoms with Crippen LogP contribution in [0.1, 0.15) is 0 Å². The summed E-state index contributed by atoms with van der Waals surface area (Å²) in [5.41, 5.74) is 18.0. The Morgan fingerprint density at radius 2 is 2.00 bits per heavy atom. The van der Waals surface area contributed by atoms with Gasteiger partial charge in [0.05, 0.1) is 16.7 Å². The Morgan fingerprint density at radius 1 is 1.13 bits per heavy atom. The van der Waals surface area contributed by atoms with Gasteiger partial charge in [-0.2, -0.15) is 4.98 Å². The van der Waals surface area contributed by atoms with E-state index in [0.717, 1.165) is 32.9 Å². The summed E-state index contributed by atoms with van der Waals surface area (Å²) in [6.45, 7) is 0. The molecule has 0 atom stereocenters. The summed E-state index contributed by atoms with van der Waals surface area (Å²) in [6, 6.07) is 11.2. The number of benzene rings is 2. The number of fused-ring (bicyclic) bond motifs is 3. The molecular weight excluding hydrogens is 292 g/mol. The number of aromatic nitrogens is 3. The first-order valence-electron chi connectivity index (χ1n) is 7.00. The second-order valence-corrected chi connectivity index (χ2v) is 5.25. The highest BCUT2D eigenvalue weighted by Gasteiger charge is 2.14. The fraction of sp³-hybridized carbons (Fsp3) is 0. The van der Waals surface area contributed by atoms with E-state index in [9.17, 15) is 0 Å². The van der Waals surface area contributed by atoms with Crippen LogP contribution >= 0.6 is 0 Å². The van der Waals surface area contributed by atoms with Crippen LogP contribution in [-0.2, 0) is 0 Å². The Labute approximate surface area is 130 Å². The van der Waals surface area contributed by atoms with Crippen molar-refractivity contribution < 1.29 is 5.21 Å². The molecule has 0 radical (unpaired) electrons. The molecule has 0 spiro atoms. The minimum Gasteiger partial charge on any atom is -0.383 e. The number of nitrogens with zero attached hydrogens (tertiary/aromatic N) is 2. The molecule has 2 aromatic heterocycles. The molecule has 4 aromatic rings. The van der Waals surface area contributed by atoms with Gasteiger partial charge >= 0.3 is 0 Å². The van der Waals surface area contributed by atoms with E-state index < -0.39 is 0 Å². The number of nitrogens with one attached hydrogen (secondary N) is 2. The molecule has 0 aliphatic carbocycles. The van der Waals surface area contributed by atoms with Gasteiger partial charge in [-0.25, -0.2) is 0 Å². The van der Waals surface area contributed by atoms with Crippen molar-refractivity contribution in [2.45, 2.75) is 0 Å². The molecule has 7 heteroatoms. The van der Waals surface area contributed by atoms with Crippen molar-refractivity contribution in [3.63, 3.8) is 0 Å². The predicted octanol–water partition coefficient (Wildman–Crippen LogP) is 2.74. The molecule has 7 nitrogen and oxygen atoms in total. The lowest BCUT2D eigenvalue weighted by molar-refractivity contribution is 0.389. The fourth-order valence-corrected chi connectivity index (χ4v) is 2.88. The molecule has 4 rings (SSSR count). The van der Waals surface area contributed by atoms with E-state index in [4.69, 9.17) is 16.7 Å². The van der Waals surface area contributed by atoms with Gasteiger partial charge in [0.2, 0.25) is 0 Å². The number of H-pyrrole nitrogens is 1. The van der Waals surface area contributed by atoms with Crippen molar-refractivity contribution in [3.05, 3.63) is 42.6 Å². The van der Waals surface area contributed by atoms with Gasteiger partial charge in [-0.05, 0) is 29.8 Å². The van der Waals surface area contributed by atoms with E-state index in [2.05, 4.69) is 20.4 Å². The molecule has 0 fully saturated rings. The van der Waals surface area contributed by atoms with Crippen LogP contribution < -0.4 is 16.9 Å². The lowest BCUT2D eigenvalue weighted by atomic mass is 9.99. The van der Waals surface area contributed by atoms with Gasteiger partial charge in [-0.3, -0.25) is 15.7 Å². The van der Waals surface area contributed by atoms with Crippen LogP contribution in [0.4, 0.5) is 17.5 Å². The molecule has 2 aromatic carbocycles. The molecule has 23 heavy (non-hydrogen) atoms. The minimum absolute atomic E-state index is 0.255. The van der Waals surface area contributed by atoms with Crippen molar-refractivity contribution in [3.8, 4) is 11.1 Å². The van der Waals surface area contributed by atoms with Crippen molar-refractivity contribution in [1.82, 2.24) is 15.0 Å². The Balaban J connectivity index is 2.11. The molecule has 0 aliphatic heterocycles. The van der Waals surface area contributed by atoms with Crippen molar-refractivity contribution in [2.24, 2.45) is 0 Å². The molecule has 0 aliphatic rings. The van der Waals surface area contributed by atoms with Crippen LogP contribution in [0.25, 0.3) is 32.9 Å². The van der Waals surface area contributed by atoms with E-state index >= 15 is 0 Å². The van der Waals surface area contributed by atoms with Crippen LogP contribution in [0, 0.1) is 0 Å². The predicted molar refractivity (Wildman–Crippen MR) is 91.1 cm³/mol. The van der Waals surface area contributed by atoms with Crippen LogP contribution in [0.3, 0.4) is 0 Å². The Kier molecular flexibility index (Phi) is 2.82. The van der Waals surface area contributed by atoms with Gasteiger partial charge in [0.15, 0.2) is 5.95 Å². The minimum atomic E-state index is 0.255. The first kappa shape index (κ1) is 13.4. The third-order valence-corrected chi connectivity index (χ3v) is 3.84. The maximum atomic E-state index is 9.11. The van der Waals surface area contributed by atoms with Crippen LogP contribution in [0.2, 0.25) is 0 Å². The topological polar surface area (TPSA) is 126 Å². The normalized spacial score (nSPS) is 11.2. The Morgan fingerprint density at radius 3 is 2.83 bits per heavy atom. The molecule has 114 valence electrons. The monoisotopic (exact) mass is 306 g/mol. The van der Waals surface area contributed by atoms with Gasteiger partial charge in [-0.15, -0.1) is 0 Å². The third kappa shape index (κ3) is 2.02. The molecule has 0 unspecified atom stereocenters. The van der Waals surface area contributed by atoms with Crippen LogP contribution in [0.5, 0.6) is 0 Å². The van der Waals surface area contributed by atoms with Gasteiger partial charge in [-0.1, -0.05) is 12.1 Å². The average molecular weight is 306 g/mol. The zero-order chi connectivity index (χ0) is 16.0. The summed E-state index contributed by atoms with van der Waals surface area (Å²) in [5.74, 6) is 0.622. The highest BCUT2D eigenvalue weighted by molar-refractivity contribution is 6.15. The lowest BCUT2D eigenvalue weighted by Crippen LogP contribution is -2.01. The fourth-order valence-electron chi connectivity index (χ4n) is 2.88. The Bertz CT molecular complexity index is 1040. The number of hydrogen-bond donors (Lipinski definition) is 5. The van der Waals surface area contributed by atoms with Crippen molar-refractivity contribution in [1.29, 1.82) is 0 Å². The second-order valence-electron chi connectivity index (χ2n) is 5.25. The third-order valence-electron chi connectivity index (χ3n) is 3.84. The standard InChI is InChI=1S/C16H14N6O/c17-15-13-10-4-5-19-14(10)11(7-12(13)20-16(18)21-15)8-2-1-3-9(6-8)22-23/h1-7,22-23H,17H2,(H3,18,20,21). The number of nitrogen functional groups attached to an aromatic ring is 2. The zero-order valence-electron chi connectivity index (χ0n) is 12.0. The largest absolute Gasteiger partial charge is 0.383 e. The summed E-state index contributed by atoms with van der Waals surface area (Å²) >= 11 is 0. The molecule has 0 bridgehead atoms.